The first-order chi connectivity index (χ1) is 5.74. The molecule has 3 nitrogen and oxygen atoms in total. The minimum Gasteiger partial charge on any atom is -0.350 e. The highest BCUT2D eigenvalue weighted by Crippen LogP contribution is 2.27. The van der Waals surface area contributed by atoms with E-state index in [0.717, 1.165) is 6.54 Å². The lowest BCUT2D eigenvalue weighted by Gasteiger charge is -2.00. The van der Waals surface area contributed by atoms with Gasteiger partial charge in [-0.25, -0.2) is 0 Å². The predicted octanol–water partition coefficient (Wildman–Crippen LogP) is 1.11. The minimum atomic E-state index is -0.264. The Bertz CT molecular complexity index is 217. The first-order valence-corrected chi connectivity index (χ1v) is 4.23. The molecule has 66 valence electrons. The third-order valence-corrected chi connectivity index (χ3v) is 1.83. The number of hydrogen-bond donors (Lipinski definition) is 2. The van der Waals surface area contributed by atoms with Gasteiger partial charge in [0.2, 0.25) is 0 Å². The molecule has 0 atom stereocenters. The summed E-state index contributed by atoms with van der Waals surface area (Å²) in [7, 11) is 0. The van der Waals surface area contributed by atoms with Gasteiger partial charge in [-0.15, -0.1) is 0 Å². The van der Waals surface area contributed by atoms with Gasteiger partial charge in [-0.3, -0.25) is 10.2 Å². The molecule has 1 rings (SSSR count). The van der Waals surface area contributed by atoms with Gasteiger partial charge in [0.15, 0.2) is 0 Å². The predicted molar refractivity (Wildman–Crippen MR) is 48.3 cm³/mol. The number of carbonyl (C=O) groups excluding carboxylic acids is 1. The van der Waals surface area contributed by atoms with E-state index in [9.17, 15) is 4.79 Å². The summed E-state index contributed by atoms with van der Waals surface area (Å²) >= 11 is 0. The number of amides is 1. The van der Waals surface area contributed by atoms with E-state index in [0.29, 0.717) is 5.92 Å². The first kappa shape index (κ1) is 8.97. The third-order valence-electron chi connectivity index (χ3n) is 1.83. The molecule has 0 heterocycles. The number of rotatable bonds is 4. The van der Waals surface area contributed by atoms with Gasteiger partial charge >= 0.3 is 0 Å². The Hall–Kier alpha value is -1.12. The molecule has 0 aliphatic heterocycles. The topological polar surface area (TPSA) is 53.0 Å². The fraction of sp³-hybridized carbons (Fsp3) is 0.556. The number of carbonyl (C=O) groups is 1. The van der Waals surface area contributed by atoms with Crippen molar-refractivity contribution in [1.82, 2.24) is 5.32 Å². The Morgan fingerprint density at radius 1 is 1.67 bits per heavy atom. The molecule has 0 aromatic rings. The van der Waals surface area contributed by atoms with Crippen LogP contribution in [0.1, 0.15) is 19.8 Å². The van der Waals surface area contributed by atoms with Crippen molar-refractivity contribution < 1.29 is 4.79 Å². The van der Waals surface area contributed by atoms with E-state index in [2.05, 4.69) is 5.32 Å². The molecule has 1 amide bonds. The van der Waals surface area contributed by atoms with Crippen LogP contribution in [0.2, 0.25) is 0 Å². The van der Waals surface area contributed by atoms with E-state index in [1.54, 1.807) is 13.0 Å². The van der Waals surface area contributed by atoms with Crippen molar-refractivity contribution in [3.63, 3.8) is 0 Å². The maximum absolute atomic E-state index is 11.1. The van der Waals surface area contributed by atoms with Gasteiger partial charge in [0.25, 0.3) is 5.91 Å². The van der Waals surface area contributed by atoms with Gasteiger partial charge in [0.05, 0.1) is 0 Å². The summed E-state index contributed by atoms with van der Waals surface area (Å²) in [5.41, 5.74) is 0.0400. The molecule has 0 bridgehead atoms. The van der Waals surface area contributed by atoms with Crippen molar-refractivity contribution in [2.45, 2.75) is 19.8 Å². The zero-order valence-corrected chi connectivity index (χ0v) is 7.26. The second-order valence-electron chi connectivity index (χ2n) is 3.07. The van der Waals surface area contributed by atoms with Gasteiger partial charge < -0.3 is 5.32 Å². The summed E-state index contributed by atoms with van der Waals surface area (Å²) in [6, 6.07) is 0. The molecule has 2 N–H and O–H groups in total. The quantitative estimate of drug-likeness (QED) is 0.604. The second kappa shape index (κ2) is 4.04. The summed E-state index contributed by atoms with van der Waals surface area (Å²) < 4.78 is 0. The molecule has 3 heteroatoms. The fourth-order valence-electron chi connectivity index (χ4n) is 0.897. The number of allylic oxidation sites excluding steroid dienone is 1. The van der Waals surface area contributed by atoms with Crippen LogP contribution >= 0.6 is 0 Å². The average Bonchev–Trinajstić information content (AvgIpc) is 2.83. The van der Waals surface area contributed by atoms with Crippen LogP contribution in [0.3, 0.4) is 0 Å². The van der Waals surface area contributed by atoms with Crippen LogP contribution in [0, 0.1) is 11.3 Å². The number of hydrogen-bond acceptors (Lipinski definition) is 2. The summed E-state index contributed by atoms with van der Waals surface area (Å²) in [5, 5.41) is 9.97. The summed E-state index contributed by atoms with van der Waals surface area (Å²) in [6.07, 6.45) is 5.63. The van der Waals surface area contributed by atoms with Crippen LogP contribution in [-0.2, 0) is 4.79 Å². The number of nitrogens with one attached hydrogen (secondary N) is 2. The molecule has 1 fully saturated rings. The second-order valence-corrected chi connectivity index (χ2v) is 3.07. The van der Waals surface area contributed by atoms with Gasteiger partial charge in [-0.1, -0.05) is 6.08 Å². The van der Waals surface area contributed by atoms with E-state index >= 15 is 0 Å². The van der Waals surface area contributed by atoms with E-state index in [-0.39, 0.29) is 11.6 Å². The van der Waals surface area contributed by atoms with Gasteiger partial charge in [0, 0.05) is 6.54 Å². The van der Waals surface area contributed by atoms with Crippen LogP contribution < -0.4 is 5.32 Å². The highest BCUT2D eigenvalue weighted by atomic mass is 16.1. The standard InChI is InChI=1S/C9H14N2O/c1-2-3-8(10)9(12)11-6-7-4-5-7/h2-3,7,10H,4-6H2,1H3,(H,11,12)/b3-2-,10-8?. The molecule has 0 unspecified atom stereocenters. The van der Waals surface area contributed by atoms with Gasteiger partial charge in [0.1, 0.15) is 5.71 Å². The largest absolute Gasteiger partial charge is 0.350 e. The Morgan fingerprint density at radius 2 is 2.33 bits per heavy atom. The maximum atomic E-state index is 11.1. The van der Waals surface area contributed by atoms with Crippen molar-refractivity contribution in [1.29, 1.82) is 5.41 Å². The lowest BCUT2D eigenvalue weighted by Crippen LogP contribution is -2.30. The Morgan fingerprint density at radius 3 is 2.83 bits per heavy atom. The van der Waals surface area contributed by atoms with Crippen LogP contribution in [0.25, 0.3) is 0 Å². The Kier molecular flexibility index (Phi) is 3.02. The summed E-state index contributed by atoms with van der Waals surface area (Å²) in [4.78, 5) is 11.1. The first-order valence-electron chi connectivity index (χ1n) is 4.23. The van der Waals surface area contributed by atoms with E-state index in [1.165, 1.54) is 18.9 Å². The molecule has 1 aliphatic carbocycles. The maximum Gasteiger partial charge on any atom is 0.269 e. The minimum absolute atomic E-state index is 0.0400. The van der Waals surface area contributed by atoms with E-state index in [1.807, 2.05) is 0 Å². The van der Waals surface area contributed by atoms with Crippen LogP contribution in [0.4, 0.5) is 0 Å². The molecule has 0 aromatic heterocycles. The highest BCUT2D eigenvalue weighted by molar-refractivity contribution is 6.42. The van der Waals surface area contributed by atoms with Crippen molar-refractivity contribution in [2.24, 2.45) is 5.92 Å². The van der Waals surface area contributed by atoms with Crippen molar-refractivity contribution in [2.75, 3.05) is 6.54 Å². The molecular weight excluding hydrogens is 152 g/mol. The Balaban J connectivity index is 2.21. The highest BCUT2D eigenvalue weighted by Gasteiger charge is 2.21. The Labute approximate surface area is 72.4 Å². The van der Waals surface area contributed by atoms with Crippen molar-refractivity contribution in [3.05, 3.63) is 12.2 Å². The lowest BCUT2D eigenvalue weighted by molar-refractivity contribution is -0.114. The van der Waals surface area contributed by atoms with Gasteiger partial charge in [-0.05, 0) is 31.8 Å². The molecule has 0 aromatic carbocycles. The molecule has 0 spiro atoms. The normalized spacial score (nSPS) is 16.4. The van der Waals surface area contributed by atoms with Crippen LogP contribution in [0.5, 0.6) is 0 Å². The van der Waals surface area contributed by atoms with E-state index in [4.69, 9.17) is 5.41 Å². The molecule has 1 aliphatic rings. The van der Waals surface area contributed by atoms with Crippen LogP contribution in [0.15, 0.2) is 12.2 Å². The van der Waals surface area contributed by atoms with Gasteiger partial charge in [-0.2, -0.15) is 0 Å². The average molecular weight is 166 g/mol. The summed E-state index contributed by atoms with van der Waals surface area (Å²) in [5.74, 6) is 0.410. The summed E-state index contributed by atoms with van der Waals surface area (Å²) in [6.45, 7) is 2.53. The van der Waals surface area contributed by atoms with Crippen molar-refractivity contribution in [3.8, 4) is 0 Å². The molecule has 0 saturated heterocycles. The lowest BCUT2D eigenvalue weighted by atomic mass is 10.3. The zero-order chi connectivity index (χ0) is 8.97. The fourth-order valence-corrected chi connectivity index (χ4v) is 0.897. The SMILES string of the molecule is C/C=C\C(=N)C(=O)NCC1CC1. The third kappa shape index (κ3) is 2.86. The van der Waals surface area contributed by atoms with E-state index < -0.39 is 0 Å². The van der Waals surface area contributed by atoms with Crippen LogP contribution in [-0.4, -0.2) is 18.2 Å². The van der Waals surface area contributed by atoms with Crippen molar-refractivity contribution >= 4 is 11.6 Å². The molecular formula is C9H14N2O. The molecule has 12 heavy (non-hydrogen) atoms. The zero-order valence-electron chi connectivity index (χ0n) is 7.26. The smallest absolute Gasteiger partial charge is 0.269 e. The molecule has 0 radical (unpaired) electrons. The monoisotopic (exact) mass is 166 g/mol. The molecule has 1 saturated carbocycles.